The summed E-state index contributed by atoms with van der Waals surface area (Å²) in [6.45, 7) is 9.44. The molecule has 0 saturated carbocycles. The van der Waals surface area contributed by atoms with Gasteiger partial charge in [-0.2, -0.15) is 0 Å². The van der Waals surface area contributed by atoms with E-state index in [1.165, 1.54) is 32.1 Å². The fourth-order valence-corrected chi connectivity index (χ4v) is 2.20. The number of rotatable bonds is 12. The van der Waals surface area contributed by atoms with Crippen LogP contribution in [-0.4, -0.2) is 25.7 Å². The first-order valence-electron chi connectivity index (χ1n) is 8.43. The maximum atomic E-state index is 5.63. The number of nitrogens with one attached hydrogen (secondary N) is 2. The third kappa shape index (κ3) is 9.35. The summed E-state index contributed by atoms with van der Waals surface area (Å²) in [7, 11) is 0. The van der Waals surface area contributed by atoms with Crippen LogP contribution in [-0.2, 0) is 0 Å². The molecule has 0 saturated heterocycles. The molecule has 2 N–H and O–H groups in total. The van der Waals surface area contributed by atoms with Crippen LogP contribution in [0, 0.1) is 0 Å². The van der Waals surface area contributed by atoms with Gasteiger partial charge < -0.3 is 15.4 Å². The number of hydrogen-bond donors (Lipinski definition) is 2. The first-order valence-corrected chi connectivity index (χ1v) is 8.43. The zero-order chi connectivity index (χ0) is 15.3. The van der Waals surface area contributed by atoms with Crippen LogP contribution in [0.3, 0.4) is 0 Å². The predicted molar refractivity (Wildman–Crippen MR) is 92.3 cm³/mol. The van der Waals surface area contributed by atoms with E-state index in [-0.39, 0.29) is 6.10 Å². The smallest absolute Gasteiger partial charge is 0.119 e. The molecule has 0 radical (unpaired) electrons. The number of ether oxygens (including phenoxy) is 1. The Morgan fingerprint density at radius 2 is 1.62 bits per heavy atom. The maximum absolute atomic E-state index is 5.63. The van der Waals surface area contributed by atoms with Gasteiger partial charge >= 0.3 is 0 Å². The van der Waals surface area contributed by atoms with Gasteiger partial charge in [0.05, 0.1) is 6.10 Å². The molecule has 3 heteroatoms. The molecule has 0 aliphatic heterocycles. The van der Waals surface area contributed by atoms with E-state index in [0.29, 0.717) is 0 Å². The van der Waals surface area contributed by atoms with Crippen molar-refractivity contribution in [3.8, 4) is 5.75 Å². The summed E-state index contributed by atoms with van der Waals surface area (Å²) in [5.41, 5.74) is 1.15. The lowest BCUT2D eigenvalue weighted by atomic mass is 10.1. The molecular formula is C18H32N2O. The molecule has 3 nitrogen and oxygen atoms in total. The highest BCUT2D eigenvalue weighted by Gasteiger charge is 1.97. The summed E-state index contributed by atoms with van der Waals surface area (Å²) >= 11 is 0. The minimum absolute atomic E-state index is 0.227. The van der Waals surface area contributed by atoms with Gasteiger partial charge in [-0.25, -0.2) is 0 Å². The Kier molecular flexibility index (Phi) is 9.71. The summed E-state index contributed by atoms with van der Waals surface area (Å²) in [4.78, 5) is 0. The molecule has 0 aliphatic rings. The molecule has 21 heavy (non-hydrogen) atoms. The summed E-state index contributed by atoms with van der Waals surface area (Å²) in [6, 6.07) is 8.18. The highest BCUT2D eigenvalue weighted by atomic mass is 16.5. The van der Waals surface area contributed by atoms with Crippen LogP contribution in [0.25, 0.3) is 0 Å². The largest absolute Gasteiger partial charge is 0.491 e. The minimum Gasteiger partial charge on any atom is -0.491 e. The van der Waals surface area contributed by atoms with E-state index in [2.05, 4.69) is 29.7 Å². The zero-order valence-corrected chi connectivity index (χ0v) is 14.0. The third-order valence-corrected chi connectivity index (χ3v) is 3.31. The molecule has 0 aliphatic carbocycles. The van der Waals surface area contributed by atoms with Crippen LogP contribution in [0.5, 0.6) is 5.75 Å². The van der Waals surface area contributed by atoms with Crippen LogP contribution >= 0.6 is 0 Å². The Bertz CT molecular complexity index is 349. The molecule has 0 unspecified atom stereocenters. The zero-order valence-electron chi connectivity index (χ0n) is 14.0. The second-order valence-corrected chi connectivity index (χ2v) is 5.78. The minimum atomic E-state index is 0.227. The predicted octanol–water partition coefficient (Wildman–Crippen LogP) is 4.45. The Balaban J connectivity index is 2.02. The average molecular weight is 292 g/mol. The van der Waals surface area contributed by atoms with Crippen LogP contribution in [0.15, 0.2) is 24.3 Å². The topological polar surface area (TPSA) is 33.3 Å². The van der Waals surface area contributed by atoms with Gasteiger partial charge in [0.25, 0.3) is 0 Å². The average Bonchev–Trinajstić information content (AvgIpc) is 2.47. The lowest BCUT2D eigenvalue weighted by Crippen LogP contribution is -2.23. The van der Waals surface area contributed by atoms with E-state index >= 15 is 0 Å². The van der Waals surface area contributed by atoms with E-state index in [9.17, 15) is 0 Å². The molecule has 0 aromatic heterocycles. The van der Waals surface area contributed by atoms with Crippen molar-refractivity contribution in [3.05, 3.63) is 24.3 Å². The van der Waals surface area contributed by atoms with Crippen LogP contribution < -0.4 is 15.4 Å². The lowest BCUT2D eigenvalue weighted by molar-refractivity contribution is 0.242. The number of unbranched alkanes of at least 4 members (excludes halogenated alkanes) is 4. The van der Waals surface area contributed by atoms with Gasteiger partial charge in [-0.05, 0) is 51.1 Å². The highest BCUT2D eigenvalue weighted by Crippen LogP contribution is 2.16. The molecule has 0 atom stereocenters. The molecule has 1 rings (SSSR count). The van der Waals surface area contributed by atoms with Gasteiger partial charge in [0, 0.05) is 18.8 Å². The fourth-order valence-electron chi connectivity index (χ4n) is 2.20. The van der Waals surface area contributed by atoms with Gasteiger partial charge in [0.1, 0.15) is 5.75 Å². The van der Waals surface area contributed by atoms with Crippen molar-refractivity contribution < 1.29 is 4.74 Å². The Morgan fingerprint density at radius 1 is 0.905 bits per heavy atom. The lowest BCUT2D eigenvalue weighted by Gasteiger charge is -2.11. The van der Waals surface area contributed by atoms with Gasteiger partial charge in [-0.15, -0.1) is 0 Å². The molecular weight excluding hydrogens is 260 g/mol. The molecule has 0 spiro atoms. The van der Waals surface area contributed by atoms with Crippen molar-refractivity contribution in [1.82, 2.24) is 5.32 Å². The summed E-state index contributed by atoms with van der Waals surface area (Å²) in [5.74, 6) is 0.931. The van der Waals surface area contributed by atoms with E-state index < -0.39 is 0 Å². The summed E-state index contributed by atoms with van der Waals surface area (Å²) < 4.78 is 5.63. The van der Waals surface area contributed by atoms with E-state index in [1.807, 2.05) is 26.0 Å². The number of anilines is 1. The van der Waals surface area contributed by atoms with E-state index in [0.717, 1.165) is 31.1 Å². The molecule has 1 aromatic rings. The normalized spacial score (nSPS) is 10.9. The SMILES string of the molecule is CCCCCCCNCCNc1ccc(OC(C)C)cc1. The maximum Gasteiger partial charge on any atom is 0.119 e. The van der Waals surface area contributed by atoms with Crippen LogP contribution in [0.1, 0.15) is 52.9 Å². The summed E-state index contributed by atoms with van der Waals surface area (Å²) in [6.07, 6.45) is 6.94. The van der Waals surface area contributed by atoms with Gasteiger partial charge in [0.15, 0.2) is 0 Å². The molecule has 0 amide bonds. The quantitative estimate of drug-likeness (QED) is 0.559. The van der Waals surface area contributed by atoms with Crippen molar-refractivity contribution in [1.29, 1.82) is 0 Å². The number of benzene rings is 1. The van der Waals surface area contributed by atoms with Gasteiger partial charge in [-0.3, -0.25) is 0 Å². The van der Waals surface area contributed by atoms with Crippen molar-refractivity contribution in [2.75, 3.05) is 25.0 Å². The third-order valence-electron chi connectivity index (χ3n) is 3.31. The highest BCUT2D eigenvalue weighted by molar-refractivity contribution is 5.46. The van der Waals surface area contributed by atoms with Crippen LogP contribution in [0.4, 0.5) is 5.69 Å². The summed E-state index contributed by atoms with van der Waals surface area (Å²) in [5, 5.41) is 6.90. The monoisotopic (exact) mass is 292 g/mol. The molecule has 0 fully saturated rings. The second kappa shape index (κ2) is 11.4. The molecule has 0 heterocycles. The molecule has 0 bridgehead atoms. The first kappa shape index (κ1) is 17.8. The Hall–Kier alpha value is -1.22. The Morgan fingerprint density at radius 3 is 2.29 bits per heavy atom. The van der Waals surface area contributed by atoms with Gasteiger partial charge in [-0.1, -0.05) is 32.6 Å². The molecule has 1 aromatic carbocycles. The van der Waals surface area contributed by atoms with Crippen LogP contribution in [0.2, 0.25) is 0 Å². The van der Waals surface area contributed by atoms with Crippen molar-refractivity contribution in [2.24, 2.45) is 0 Å². The van der Waals surface area contributed by atoms with Crippen molar-refractivity contribution >= 4 is 5.69 Å². The number of hydrogen-bond acceptors (Lipinski definition) is 3. The first-order chi connectivity index (χ1) is 10.2. The van der Waals surface area contributed by atoms with Crippen molar-refractivity contribution in [3.63, 3.8) is 0 Å². The second-order valence-electron chi connectivity index (χ2n) is 5.78. The van der Waals surface area contributed by atoms with Crippen molar-refractivity contribution in [2.45, 2.75) is 59.0 Å². The fraction of sp³-hybridized carbons (Fsp3) is 0.667. The van der Waals surface area contributed by atoms with E-state index in [1.54, 1.807) is 0 Å². The van der Waals surface area contributed by atoms with Gasteiger partial charge in [0.2, 0.25) is 0 Å². The standard InChI is InChI=1S/C18H32N2O/c1-4-5-6-7-8-13-19-14-15-20-17-9-11-18(12-10-17)21-16(2)3/h9-12,16,19-20H,4-8,13-15H2,1-3H3. The van der Waals surface area contributed by atoms with E-state index in [4.69, 9.17) is 4.74 Å². The molecule has 120 valence electrons. The Labute approximate surface area is 130 Å².